The highest BCUT2D eigenvalue weighted by molar-refractivity contribution is 7.20. The van der Waals surface area contributed by atoms with Crippen LogP contribution in [0.25, 0.3) is 15.9 Å². The van der Waals surface area contributed by atoms with E-state index in [4.69, 9.17) is 27.9 Å². The van der Waals surface area contributed by atoms with Crippen molar-refractivity contribution in [2.75, 3.05) is 11.9 Å². The summed E-state index contributed by atoms with van der Waals surface area (Å²) in [5, 5.41) is 8.47. The molecule has 0 saturated heterocycles. The van der Waals surface area contributed by atoms with Crippen LogP contribution in [0, 0.1) is 12.7 Å². The summed E-state index contributed by atoms with van der Waals surface area (Å²) in [7, 11) is 0. The predicted octanol–water partition coefficient (Wildman–Crippen LogP) is 5.64. The molecule has 1 N–H and O–H groups in total. The number of hydrogen-bond donors (Lipinski definition) is 1. The summed E-state index contributed by atoms with van der Waals surface area (Å²) in [6, 6.07) is 12.7. The highest BCUT2D eigenvalue weighted by Gasteiger charge is 2.19. The Hall–Kier alpha value is -2.94. The number of amides is 1. The predicted molar refractivity (Wildman–Crippen MR) is 119 cm³/mol. The molecule has 0 aliphatic rings. The topological polar surface area (TPSA) is 73.2 Å². The van der Waals surface area contributed by atoms with E-state index in [1.54, 1.807) is 22.9 Å². The highest BCUT2D eigenvalue weighted by Crippen LogP contribution is 2.31. The number of halogens is 3. The van der Waals surface area contributed by atoms with E-state index in [2.05, 4.69) is 10.4 Å². The van der Waals surface area contributed by atoms with Crippen molar-refractivity contribution >= 4 is 62.3 Å². The lowest BCUT2D eigenvalue weighted by Gasteiger charge is -2.07. The maximum Gasteiger partial charge on any atom is 0.348 e. The summed E-state index contributed by atoms with van der Waals surface area (Å²) in [5.74, 6) is -2.01. The van der Waals surface area contributed by atoms with E-state index in [0.717, 1.165) is 27.7 Å². The minimum atomic E-state index is -0.682. The van der Waals surface area contributed by atoms with Crippen LogP contribution in [0.1, 0.15) is 15.4 Å². The third kappa shape index (κ3) is 4.56. The second kappa shape index (κ2) is 8.66. The normalized spacial score (nSPS) is 11.0. The molecule has 10 heteroatoms. The zero-order valence-corrected chi connectivity index (χ0v) is 18.3. The number of carbonyl (C=O) groups excluding carboxylic acids is 2. The molecule has 6 nitrogen and oxygen atoms in total. The van der Waals surface area contributed by atoms with Crippen LogP contribution >= 0.6 is 34.5 Å². The van der Waals surface area contributed by atoms with Crippen LogP contribution < -0.4 is 5.32 Å². The van der Waals surface area contributed by atoms with Gasteiger partial charge in [-0.2, -0.15) is 5.10 Å². The fourth-order valence-electron chi connectivity index (χ4n) is 2.88. The van der Waals surface area contributed by atoms with Crippen molar-refractivity contribution in [2.24, 2.45) is 0 Å². The number of ether oxygens (including phenoxy) is 1. The van der Waals surface area contributed by atoms with Gasteiger partial charge in [0.2, 0.25) is 0 Å². The lowest BCUT2D eigenvalue weighted by Crippen LogP contribution is -2.21. The molecule has 0 spiro atoms. The van der Waals surface area contributed by atoms with E-state index in [9.17, 15) is 14.0 Å². The number of aromatic nitrogens is 2. The van der Waals surface area contributed by atoms with Crippen molar-refractivity contribution in [2.45, 2.75) is 6.92 Å². The Labute approximate surface area is 190 Å². The monoisotopic (exact) mass is 477 g/mol. The SMILES string of the molecule is Cc1nn(-c2ccc(Cl)cc2)c2sc(C(=O)OCC(=O)Nc3ccc(Cl)cc3F)cc12. The molecule has 0 radical (unpaired) electrons. The number of nitrogens with one attached hydrogen (secondary N) is 1. The third-order valence-corrected chi connectivity index (χ3v) is 5.93. The number of anilines is 1. The zero-order chi connectivity index (χ0) is 22.1. The van der Waals surface area contributed by atoms with Crippen LogP contribution in [0.3, 0.4) is 0 Å². The summed E-state index contributed by atoms with van der Waals surface area (Å²) in [6.07, 6.45) is 0. The van der Waals surface area contributed by atoms with Crippen molar-refractivity contribution < 1.29 is 18.7 Å². The lowest BCUT2D eigenvalue weighted by molar-refractivity contribution is -0.119. The largest absolute Gasteiger partial charge is 0.451 e. The summed E-state index contributed by atoms with van der Waals surface area (Å²) in [6.45, 7) is 1.28. The Morgan fingerprint density at radius 2 is 1.84 bits per heavy atom. The van der Waals surface area contributed by atoms with Crippen molar-refractivity contribution in [3.8, 4) is 5.69 Å². The number of fused-ring (bicyclic) bond motifs is 1. The first-order chi connectivity index (χ1) is 14.8. The molecule has 4 aromatic rings. The summed E-state index contributed by atoms with van der Waals surface area (Å²) in [4.78, 5) is 25.6. The van der Waals surface area contributed by atoms with Crippen LogP contribution in [0.2, 0.25) is 10.0 Å². The molecular formula is C21H14Cl2FN3O3S. The first-order valence-electron chi connectivity index (χ1n) is 8.99. The number of esters is 1. The van der Waals surface area contributed by atoms with Crippen LogP contribution in [0.15, 0.2) is 48.5 Å². The Balaban J connectivity index is 1.47. The molecule has 0 unspecified atom stereocenters. The Morgan fingerprint density at radius 3 is 2.55 bits per heavy atom. The smallest absolute Gasteiger partial charge is 0.348 e. The maximum absolute atomic E-state index is 13.8. The third-order valence-electron chi connectivity index (χ3n) is 4.36. The van der Waals surface area contributed by atoms with Crippen molar-refractivity contribution in [1.82, 2.24) is 9.78 Å². The van der Waals surface area contributed by atoms with Gasteiger partial charge in [0.25, 0.3) is 5.91 Å². The first-order valence-corrected chi connectivity index (χ1v) is 10.6. The van der Waals surface area contributed by atoms with E-state index >= 15 is 0 Å². The molecule has 0 atom stereocenters. The minimum absolute atomic E-state index is 0.0500. The van der Waals surface area contributed by atoms with Gasteiger partial charge in [-0.15, -0.1) is 11.3 Å². The van der Waals surface area contributed by atoms with E-state index in [1.165, 1.54) is 23.5 Å². The van der Waals surface area contributed by atoms with Gasteiger partial charge in [0.05, 0.1) is 17.1 Å². The maximum atomic E-state index is 13.8. The minimum Gasteiger partial charge on any atom is -0.451 e. The van der Waals surface area contributed by atoms with E-state index in [1.807, 2.05) is 19.1 Å². The summed E-state index contributed by atoms with van der Waals surface area (Å²) >= 11 is 12.8. The van der Waals surface area contributed by atoms with Crippen LogP contribution in [0.4, 0.5) is 10.1 Å². The number of aryl methyl sites for hydroxylation is 1. The quantitative estimate of drug-likeness (QED) is 0.377. The van der Waals surface area contributed by atoms with Gasteiger partial charge in [0, 0.05) is 15.4 Å². The zero-order valence-electron chi connectivity index (χ0n) is 16.0. The Bertz CT molecular complexity index is 1300. The molecule has 0 saturated carbocycles. The molecule has 4 rings (SSSR count). The Morgan fingerprint density at radius 1 is 1.13 bits per heavy atom. The van der Waals surface area contributed by atoms with E-state index < -0.39 is 24.3 Å². The van der Waals surface area contributed by atoms with Gasteiger partial charge in [-0.05, 0) is 55.5 Å². The molecule has 0 aliphatic carbocycles. The second-order valence-corrected chi connectivity index (χ2v) is 8.46. The first kappa shape index (κ1) is 21.3. The van der Waals surface area contributed by atoms with Crippen LogP contribution in [-0.4, -0.2) is 28.3 Å². The molecule has 2 aromatic carbocycles. The van der Waals surface area contributed by atoms with Crippen LogP contribution in [-0.2, 0) is 9.53 Å². The molecule has 31 heavy (non-hydrogen) atoms. The van der Waals surface area contributed by atoms with E-state index in [-0.39, 0.29) is 10.7 Å². The van der Waals surface area contributed by atoms with Gasteiger partial charge >= 0.3 is 5.97 Å². The van der Waals surface area contributed by atoms with Crippen molar-refractivity contribution in [3.05, 3.63) is 75.0 Å². The van der Waals surface area contributed by atoms with E-state index in [0.29, 0.717) is 9.90 Å². The van der Waals surface area contributed by atoms with Gasteiger partial charge in [0.1, 0.15) is 15.5 Å². The van der Waals surface area contributed by atoms with Crippen molar-refractivity contribution in [3.63, 3.8) is 0 Å². The fourth-order valence-corrected chi connectivity index (χ4v) is 4.25. The van der Waals surface area contributed by atoms with Gasteiger partial charge in [-0.25, -0.2) is 13.9 Å². The molecular weight excluding hydrogens is 464 g/mol. The number of nitrogens with zero attached hydrogens (tertiary/aromatic N) is 2. The van der Waals surface area contributed by atoms with Gasteiger partial charge < -0.3 is 10.1 Å². The number of hydrogen-bond acceptors (Lipinski definition) is 5. The molecule has 0 fully saturated rings. The molecule has 2 heterocycles. The molecule has 0 aliphatic heterocycles. The van der Waals surface area contributed by atoms with Gasteiger partial charge in [0.15, 0.2) is 6.61 Å². The molecule has 158 valence electrons. The number of thiophene rings is 1. The lowest BCUT2D eigenvalue weighted by atomic mass is 10.3. The second-order valence-electron chi connectivity index (χ2n) is 6.55. The summed E-state index contributed by atoms with van der Waals surface area (Å²) in [5.41, 5.74) is 1.50. The van der Waals surface area contributed by atoms with Gasteiger partial charge in [-0.1, -0.05) is 23.2 Å². The molecule has 0 bridgehead atoms. The number of benzene rings is 2. The highest BCUT2D eigenvalue weighted by atomic mass is 35.5. The molecule has 2 aromatic heterocycles. The van der Waals surface area contributed by atoms with Gasteiger partial charge in [-0.3, -0.25) is 4.79 Å². The average molecular weight is 478 g/mol. The van der Waals surface area contributed by atoms with Crippen LogP contribution in [0.5, 0.6) is 0 Å². The molecule has 1 amide bonds. The Kier molecular flexibility index (Phi) is 5.95. The van der Waals surface area contributed by atoms with Crippen molar-refractivity contribution in [1.29, 1.82) is 0 Å². The summed E-state index contributed by atoms with van der Waals surface area (Å²) < 4.78 is 20.6. The average Bonchev–Trinajstić information content (AvgIpc) is 3.30. The standard InChI is InChI=1S/C21H14Cl2FN3O3S/c1-11-15-9-18(31-20(15)27(26-11)14-5-2-12(22)3-6-14)21(29)30-10-19(28)25-17-7-4-13(23)8-16(17)24/h2-9H,10H2,1H3,(H,25,28). The number of carbonyl (C=O) groups is 2. The number of rotatable bonds is 5. The fraction of sp³-hybridized carbons (Fsp3) is 0.0952.